The van der Waals surface area contributed by atoms with Crippen LogP contribution in [0.25, 0.3) is 0 Å². The predicted octanol–water partition coefficient (Wildman–Crippen LogP) is 2.30. The van der Waals surface area contributed by atoms with Crippen molar-refractivity contribution in [2.45, 2.75) is 49.4 Å². The summed E-state index contributed by atoms with van der Waals surface area (Å²) in [4.78, 5) is 0. The minimum absolute atomic E-state index is 0.120. The van der Waals surface area contributed by atoms with E-state index in [-0.39, 0.29) is 12.8 Å². The maximum Gasteiger partial charge on any atom is 0.391 e. The van der Waals surface area contributed by atoms with Crippen LogP contribution in [0, 0.1) is 5.92 Å². The summed E-state index contributed by atoms with van der Waals surface area (Å²) in [6.07, 6.45) is -2.90. The Morgan fingerprint density at radius 3 is 2.53 bits per heavy atom. The number of nitrogens with two attached hydrogens (primary N) is 1. The van der Waals surface area contributed by atoms with Gasteiger partial charge in [0, 0.05) is 5.75 Å². The molecule has 2 aliphatic rings. The summed E-state index contributed by atoms with van der Waals surface area (Å²) >= 11 is 1.62. The van der Waals surface area contributed by atoms with Gasteiger partial charge in [-0.3, -0.25) is 0 Å². The van der Waals surface area contributed by atoms with Crippen LogP contribution in [0.15, 0.2) is 0 Å². The second kappa shape index (κ2) is 4.31. The summed E-state index contributed by atoms with van der Waals surface area (Å²) in [6, 6.07) is 0. The minimum atomic E-state index is -4.21. The molecule has 6 heteroatoms. The first kappa shape index (κ1) is 13.5. The van der Waals surface area contributed by atoms with E-state index in [0.29, 0.717) is 25.0 Å². The second-order valence-electron chi connectivity index (χ2n) is 5.33. The molecule has 3 N–H and O–H groups in total. The van der Waals surface area contributed by atoms with Crippen molar-refractivity contribution in [1.82, 2.24) is 0 Å². The number of hydrogen-bond donors (Lipinski definition) is 2. The van der Waals surface area contributed by atoms with Crippen molar-refractivity contribution in [2.75, 3.05) is 11.5 Å². The highest BCUT2D eigenvalue weighted by Gasteiger charge is 2.55. The molecule has 17 heavy (non-hydrogen) atoms. The SMILES string of the molecule is NC1(C2(O)CCCC(C(F)(F)F)C2)CCSC1. The van der Waals surface area contributed by atoms with Crippen LogP contribution in [-0.4, -0.2) is 33.9 Å². The summed E-state index contributed by atoms with van der Waals surface area (Å²) in [5.74, 6) is -0.00361. The topological polar surface area (TPSA) is 46.2 Å². The fraction of sp³-hybridized carbons (Fsp3) is 1.00. The molecule has 2 rings (SSSR count). The fourth-order valence-electron chi connectivity index (χ4n) is 2.93. The van der Waals surface area contributed by atoms with E-state index in [1.165, 1.54) is 0 Å². The first-order valence-corrected chi connectivity index (χ1v) is 7.08. The molecule has 1 aliphatic carbocycles. The standard InChI is InChI=1S/C11H18F3NOS/c12-11(13,14)8-2-1-3-10(16,6-8)9(15)4-5-17-7-9/h8,16H,1-7,15H2. The first-order chi connectivity index (χ1) is 7.77. The molecule has 0 aromatic heterocycles. The lowest BCUT2D eigenvalue weighted by atomic mass is 9.67. The summed E-state index contributed by atoms with van der Waals surface area (Å²) in [5, 5.41) is 10.5. The van der Waals surface area contributed by atoms with Crippen molar-refractivity contribution < 1.29 is 18.3 Å². The molecule has 3 atom stereocenters. The largest absolute Gasteiger partial charge is 0.391 e. The van der Waals surface area contributed by atoms with Crippen LogP contribution in [0.4, 0.5) is 13.2 Å². The molecule has 1 saturated heterocycles. The molecular formula is C11H18F3NOS. The molecule has 1 aliphatic heterocycles. The van der Waals surface area contributed by atoms with Gasteiger partial charge in [0.1, 0.15) is 0 Å². The monoisotopic (exact) mass is 269 g/mol. The highest BCUT2D eigenvalue weighted by molar-refractivity contribution is 7.99. The van der Waals surface area contributed by atoms with Crippen LogP contribution in [0.2, 0.25) is 0 Å². The summed E-state index contributed by atoms with van der Waals surface area (Å²) in [7, 11) is 0. The van der Waals surface area contributed by atoms with Crippen molar-refractivity contribution in [3.63, 3.8) is 0 Å². The number of aliphatic hydroxyl groups is 1. The van der Waals surface area contributed by atoms with E-state index in [9.17, 15) is 18.3 Å². The van der Waals surface area contributed by atoms with Gasteiger partial charge >= 0.3 is 6.18 Å². The molecule has 0 radical (unpaired) electrons. The van der Waals surface area contributed by atoms with E-state index in [0.717, 1.165) is 5.75 Å². The van der Waals surface area contributed by atoms with Crippen molar-refractivity contribution in [3.8, 4) is 0 Å². The highest BCUT2D eigenvalue weighted by atomic mass is 32.2. The third-order valence-electron chi connectivity index (χ3n) is 4.17. The van der Waals surface area contributed by atoms with Crippen LogP contribution in [0.5, 0.6) is 0 Å². The molecule has 1 saturated carbocycles. The quantitative estimate of drug-likeness (QED) is 0.768. The third kappa shape index (κ3) is 2.44. The zero-order valence-corrected chi connectivity index (χ0v) is 10.4. The van der Waals surface area contributed by atoms with Crippen molar-refractivity contribution in [2.24, 2.45) is 11.7 Å². The van der Waals surface area contributed by atoms with Crippen LogP contribution in [0.1, 0.15) is 32.1 Å². The molecule has 0 aromatic rings. The second-order valence-corrected chi connectivity index (χ2v) is 6.43. The molecule has 0 amide bonds. The minimum Gasteiger partial charge on any atom is -0.388 e. The van der Waals surface area contributed by atoms with E-state index < -0.39 is 23.2 Å². The molecule has 0 aromatic carbocycles. The average Bonchev–Trinajstić information content (AvgIpc) is 2.66. The molecule has 0 spiro atoms. The highest BCUT2D eigenvalue weighted by Crippen LogP contribution is 2.48. The van der Waals surface area contributed by atoms with Crippen LogP contribution in [0.3, 0.4) is 0 Å². The van der Waals surface area contributed by atoms with Crippen molar-refractivity contribution >= 4 is 11.8 Å². The molecule has 2 fully saturated rings. The van der Waals surface area contributed by atoms with E-state index >= 15 is 0 Å². The van der Waals surface area contributed by atoms with Gasteiger partial charge in [0.25, 0.3) is 0 Å². The lowest BCUT2D eigenvalue weighted by Gasteiger charge is -2.47. The normalized spacial score (nSPS) is 43.9. The predicted molar refractivity (Wildman–Crippen MR) is 61.8 cm³/mol. The molecule has 3 unspecified atom stereocenters. The van der Waals surface area contributed by atoms with Crippen molar-refractivity contribution in [1.29, 1.82) is 0 Å². The molecule has 0 bridgehead atoms. The van der Waals surface area contributed by atoms with Gasteiger partial charge in [-0.25, -0.2) is 0 Å². The zero-order valence-electron chi connectivity index (χ0n) is 9.59. The smallest absolute Gasteiger partial charge is 0.388 e. The molecular weight excluding hydrogens is 251 g/mol. The summed E-state index contributed by atoms with van der Waals surface area (Å²) in [6.45, 7) is 0. The Morgan fingerprint density at radius 2 is 2.00 bits per heavy atom. The van der Waals surface area contributed by atoms with Gasteiger partial charge in [0.2, 0.25) is 0 Å². The maximum absolute atomic E-state index is 12.7. The molecule has 2 nitrogen and oxygen atoms in total. The van der Waals surface area contributed by atoms with E-state index in [1.54, 1.807) is 11.8 Å². The molecule has 100 valence electrons. The van der Waals surface area contributed by atoms with Gasteiger partial charge < -0.3 is 10.8 Å². The Bertz CT molecular complexity index is 291. The van der Waals surface area contributed by atoms with Gasteiger partial charge in [-0.2, -0.15) is 24.9 Å². The third-order valence-corrected chi connectivity index (χ3v) is 5.38. The fourth-order valence-corrected chi connectivity index (χ4v) is 4.36. The Labute approximate surface area is 103 Å². The van der Waals surface area contributed by atoms with E-state index in [2.05, 4.69) is 0 Å². The summed E-state index contributed by atoms with van der Waals surface area (Å²) in [5.41, 5.74) is 3.97. The van der Waals surface area contributed by atoms with Crippen molar-refractivity contribution in [3.05, 3.63) is 0 Å². The Kier molecular flexibility index (Phi) is 3.42. The number of alkyl halides is 3. The van der Waals surface area contributed by atoms with Crippen LogP contribution >= 0.6 is 11.8 Å². The van der Waals surface area contributed by atoms with Gasteiger partial charge in [0.05, 0.1) is 17.1 Å². The zero-order chi connectivity index (χ0) is 12.7. The Hall–Kier alpha value is 0.0600. The lowest BCUT2D eigenvalue weighted by Crippen LogP contribution is -2.63. The number of halogens is 3. The number of rotatable bonds is 1. The number of hydrogen-bond acceptors (Lipinski definition) is 3. The van der Waals surface area contributed by atoms with Gasteiger partial charge in [0.15, 0.2) is 0 Å². The van der Waals surface area contributed by atoms with E-state index in [4.69, 9.17) is 5.73 Å². The lowest BCUT2D eigenvalue weighted by molar-refractivity contribution is -0.207. The van der Waals surface area contributed by atoms with Gasteiger partial charge in [-0.15, -0.1) is 0 Å². The van der Waals surface area contributed by atoms with E-state index in [1.807, 2.05) is 0 Å². The molecule has 1 heterocycles. The number of thioether (sulfide) groups is 1. The van der Waals surface area contributed by atoms with Gasteiger partial charge in [-0.1, -0.05) is 0 Å². The Balaban J connectivity index is 2.15. The average molecular weight is 269 g/mol. The van der Waals surface area contributed by atoms with Crippen LogP contribution in [-0.2, 0) is 0 Å². The Morgan fingerprint density at radius 1 is 1.29 bits per heavy atom. The summed E-state index contributed by atoms with van der Waals surface area (Å²) < 4.78 is 38.2. The van der Waals surface area contributed by atoms with Crippen LogP contribution < -0.4 is 5.73 Å². The van der Waals surface area contributed by atoms with Gasteiger partial charge in [-0.05, 0) is 37.9 Å². The first-order valence-electron chi connectivity index (χ1n) is 5.93. The maximum atomic E-state index is 12.7.